The number of hydroxylamine groups is 2. The number of carbonyl (C=O) groups excluding carboxylic acids is 2. The van der Waals surface area contributed by atoms with E-state index in [1.54, 1.807) is 42.5 Å². The van der Waals surface area contributed by atoms with Crippen molar-refractivity contribution in [3.63, 3.8) is 0 Å². The second kappa shape index (κ2) is 8.31. The van der Waals surface area contributed by atoms with Crippen molar-refractivity contribution in [3.05, 3.63) is 64.7 Å². The summed E-state index contributed by atoms with van der Waals surface area (Å²) in [7, 11) is 1.05. The monoisotopic (exact) mass is 377 g/mol. The maximum atomic E-state index is 12.2. The quantitative estimate of drug-likeness (QED) is 0.440. The van der Waals surface area contributed by atoms with Gasteiger partial charge >= 0.3 is 5.91 Å². The lowest BCUT2D eigenvalue weighted by atomic mass is 9.82. The number of halogens is 1. The predicted octanol–water partition coefficient (Wildman–Crippen LogP) is 2.78. The summed E-state index contributed by atoms with van der Waals surface area (Å²) in [5.41, 5.74) is -1.04. The average molecular weight is 378 g/mol. The zero-order valence-corrected chi connectivity index (χ0v) is 15.2. The Morgan fingerprint density at radius 2 is 1.81 bits per heavy atom. The lowest BCUT2D eigenvalue weighted by molar-refractivity contribution is -0.166. The summed E-state index contributed by atoms with van der Waals surface area (Å²) in [6, 6.07) is 13.0. The number of Topliss-reactive ketones (excluding diaryl/α,β-unsaturated/α-hetero) is 1. The number of aliphatic hydroxyl groups is 1. The highest BCUT2D eigenvalue weighted by molar-refractivity contribution is 6.36. The van der Waals surface area contributed by atoms with Gasteiger partial charge in [0.15, 0.2) is 0 Å². The minimum Gasteiger partial charge on any atom is -0.494 e. The molecule has 2 N–H and O–H groups in total. The Labute approximate surface area is 156 Å². The molecular weight excluding hydrogens is 358 g/mol. The standard InChI is InChI=1S/C19H20ClNO5/c1-3-26-16-9-7-13(8-10-16)19(24,12-17(22)18(23)21(2)25)14-5-4-6-15(20)11-14/h4-11,24-25H,3,12H2,1-2H3. The second-order valence-corrected chi connectivity index (χ2v) is 6.19. The fourth-order valence-electron chi connectivity index (χ4n) is 2.60. The molecule has 1 atom stereocenters. The first-order valence-corrected chi connectivity index (χ1v) is 8.37. The first-order valence-electron chi connectivity index (χ1n) is 7.99. The Kier molecular flexibility index (Phi) is 6.37. The molecular formula is C19H20ClNO5. The highest BCUT2D eigenvalue weighted by atomic mass is 35.5. The van der Waals surface area contributed by atoms with Crippen LogP contribution in [0.3, 0.4) is 0 Å². The van der Waals surface area contributed by atoms with Gasteiger partial charge in [-0.15, -0.1) is 0 Å². The van der Waals surface area contributed by atoms with Gasteiger partial charge in [-0.1, -0.05) is 35.9 Å². The van der Waals surface area contributed by atoms with Crippen LogP contribution in [0.25, 0.3) is 0 Å². The highest BCUT2D eigenvalue weighted by Gasteiger charge is 2.37. The van der Waals surface area contributed by atoms with Crippen LogP contribution >= 0.6 is 11.6 Å². The summed E-state index contributed by atoms with van der Waals surface area (Å²) in [6.45, 7) is 2.35. The summed E-state index contributed by atoms with van der Waals surface area (Å²) in [4.78, 5) is 24.0. The molecule has 6 nitrogen and oxygen atoms in total. The van der Waals surface area contributed by atoms with Crippen LogP contribution in [0.5, 0.6) is 5.75 Å². The Morgan fingerprint density at radius 3 is 2.35 bits per heavy atom. The molecule has 26 heavy (non-hydrogen) atoms. The van der Waals surface area contributed by atoms with Gasteiger partial charge in [0.2, 0.25) is 5.78 Å². The number of nitrogens with zero attached hydrogens (tertiary/aromatic N) is 1. The largest absolute Gasteiger partial charge is 0.494 e. The van der Waals surface area contributed by atoms with Gasteiger partial charge < -0.3 is 9.84 Å². The first kappa shape index (κ1) is 19.9. The molecule has 2 aromatic carbocycles. The van der Waals surface area contributed by atoms with E-state index in [1.165, 1.54) is 6.07 Å². The van der Waals surface area contributed by atoms with Gasteiger partial charge in [0, 0.05) is 12.1 Å². The van der Waals surface area contributed by atoms with E-state index in [4.69, 9.17) is 16.3 Å². The van der Waals surface area contributed by atoms with Crippen LogP contribution < -0.4 is 4.74 Å². The number of hydrogen-bond acceptors (Lipinski definition) is 5. The Hall–Kier alpha value is -2.41. The van der Waals surface area contributed by atoms with Crippen molar-refractivity contribution in [2.24, 2.45) is 0 Å². The highest BCUT2D eigenvalue weighted by Crippen LogP contribution is 2.35. The first-order chi connectivity index (χ1) is 12.3. The molecule has 2 aromatic rings. The molecule has 2 rings (SSSR count). The number of benzene rings is 2. The molecule has 1 unspecified atom stereocenters. The number of hydrogen-bond donors (Lipinski definition) is 2. The second-order valence-electron chi connectivity index (χ2n) is 5.76. The van der Waals surface area contributed by atoms with Crippen molar-refractivity contribution in [2.75, 3.05) is 13.7 Å². The number of likely N-dealkylation sites (N-methyl/N-ethyl adjacent to an activating group) is 1. The van der Waals surface area contributed by atoms with Crippen LogP contribution in [0.2, 0.25) is 5.02 Å². The minimum absolute atomic E-state index is 0.193. The van der Waals surface area contributed by atoms with Crippen LogP contribution in [-0.4, -0.2) is 40.7 Å². The molecule has 138 valence electrons. The normalized spacial score (nSPS) is 13.0. The Bertz CT molecular complexity index is 791. The molecule has 0 heterocycles. The van der Waals surface area contributed by atoms with E-state index in [2.05, 4.69) is 0 Å². The third-order valence-electron chi connectivity index (χ3n) is 3.89. The van der Waals surface area contributed by atoms with Gasteiger partial charge in [-0.2, -0.15) is 0 Å². The summed E-state index contributed by atoms with van der Waals surface area (Å²) >= 11 is 6.02. The van der Waals surface area contributed by atoms with Crippen molar-refractivity contribution in [1.82, 2.24) is 5.06 Å². The molecule has 0 aliphatic heterocycles. The summed E-state index contributed by atoms with van der Waals surface area (Å²) < 4.78 is 5.39. The molecule has 0 saturated heterocycles. The maximum Gasteiger partial charge on any atom is 0.313 e. The van der Waals surface area contributed by atoms with E-state index >= 15 is 0 Å². The van der Waals surface area contributed by atoms with Gasteiger partial charge in [0.05, 0.1) is 13.0 Å². The smallest absolute Gasteiger partial charge is 0.313 e. The Morgan fingerprint density at radius 1 is 1.15 bits per heavy atom. The summed E-state index contributed by atoms with van der Waals surface area (Å²) in [5.74, 6) is -1.44. The van der Waals surface area contributed by atoms with Crippen molar-refractivity contribution < 1.29 is 24.6 Å². The molecule has 1 amide bonds. The molecule has 0 radical (unpaired) electrons. The number of amides is 1. The maximum absolute atomic E-state index is 12.2. The van der Waals surface area contributed by atoms with Gasteiger partial charge in [-0.05, 0) is 42.3 Å². The zero-order chi connectivity index (χ0) is 19.3. The molecule has 7 heteroatoms. The molecule has 0 spiro atoms. The Balaban J connectivity index is 2.47. The van der Waals surface area contributed by atoms with Crippen LogP contribution in [0.15, 0.2) is 48.5 Å². The van der Waals surface area contributed by atoms with E-state index in [0.717, 1.165) is 7.05 Å². The van der Waals surface area contributed by atoms with Crippen molar-refractivity contribution in [3.8, 4) is 5.75 Å². The zero-order valence-electron chi connectivity index (χ0n) is 14.5. The molecule has 0 aliphatic rings. The predicted molar refractivity (Wildman–Crippen MR) is 96.2 cm³/mol. The fraction of sp³-hybridized carbons (Fsp3) is 0.263. The van der Waals surface area contributed by atoms with Gasteiger partial charge in [-0.3, -0.25) is 14.8 Å². The number of rotatable bonds is 7. The fourth-order valence-corrected chi connectivity index (χ4v) is 2.79. The van der Waals surface area contributed by atoms with Crippen LogP contribution in [0.4, 0.5) is 0 Å². The number of ether oxygens (including phenoxy) is 1. The summed E-state index contributed by atoms with van der Waals surface area (Å²) in [6.07, 6.45) is -0.551. The number of carbonyl (C=O) groups is 2. The van der Waals surface area contributed by atoms with Crippen LogP contribution in [0, 0.1) is 0 Å². The molecule has 0 saturated carbocycles. The third-order valence-corrected chi connectivity index (χ3v) is 4.13. The lowest BCUT2D eigenvalue weighted by Gasteiger charge is -2.29. The lowest BCUT2D eigenvalue weighted by Crippen LogP contribution is -2.37. The molecule has 0 aliphatic carbocycles. The van der Waals surface area contributed by atoms with Gasteiger partial charge in [-0.25, -0.2) is 5.06 Å². The van der Waals surface area contributed by atoms with E-state index in [9.17, 15) is 19.9 Å². The SMILES string of the molecule is CCOc1ccc(C(O)(CC(=O)C(=O)N(C)O)c2cccc(Cl)c2)cc1. The minimum atomic E-state index is -1.79. The topological polar surface area (TPSA) is 87.1 Å². The van der Waals surface area contributed by atoms with Crippen LogP contribution in [0.1, 0.15) is 24.5 Å². The average Bonchev–Trinajstić information content (AvgIpc) is 2.61. The summed E-state index contributed by atoms with van der Waals surface area (Å²) in [5, 5.41) is 21.1. The molecule has 0 bridgehead atoms. The van der Waals surface area contributed by atoms with Gasteiger partial charge in [0.25, 0.3) is 0 Å². The van der Waals surface area contributed by atoms with Gasteiger partial charge in [0.1, 0.15) is 11.4 Å². The van der Waals surface area contributed by atoms with Crippen molar-refractivity contribution in [2.45, 2.75) is 18.9 Å². The number of ketones is 1. The van der Waals surface area contributed by atoms with Crippen molar-refractivity contribution in [1.29, 1.82) is 0 Å². The molecule has 0 aromatic heterocycles. The molecule has 0 fully saturated rings. The van der Waals surface area contributed by atoms with E-state index in [0.29, 0.717) is 28.5 Å². The third kappa shape index (κ3) is 4.40. The van der Waals surface area contributed by atoms with Crippen molar-refractivity contribution >= 4 is 23.3 Å². The van der Waals surface area contributed by atoms with Crippen LogP contribution in [-0.2, 0) is 15.2 Å². The van der Waals surface area contributed by atoms with E-state index in [-0.39, 0.29) is 5.06 Å². The van der Waals surface area contributed by atoms with E-state index in [1.807, 2.05) is 6.92 Å². The van der Waals surface area contributed by atoms with E-state index < -0.39 is 23.7 Å².